The van der Waals surface area contributed by atoms with Crippen molar-refractivity contribution in [2.45, 2.75) is 19.4 Å². The fraction of sp³-hybridized carbons (Fsp3) is 0.333. The molecule has 0 atom stereocenters. The van der Waals surface area contributed by atoms with Gasteiger partial charge in [-0.05, 0) is 54.8 Å². The molecule has 1 saturated heterocycles. The van der Waals surface area contributed by atoms with Crippen LogP contribution >= 0.6 is 0 Å². The predicted molar refractivity (Wildman–Crippen MR) is 99.9 cm³/mol. The molecule has 0 aliphatic carbocycles. The van der Waals surface area contributed by atoms with E-state index < -0.39 is 0 Å². The van der Waals surface area contributed by atoms with E-state index in [2.05, 4.69) is 5.32 Å². The van der Waals surface area contributed by atoms with Gasteiger partial charge in [-0.15, -0.1) is 0 Å². The molecule has 0 bridgehead atoms. The number of carbonyl (C=O) groups is 2. The highest BCUT2D eigenvalue weighted by atomic mass is 19.1. The highest BCUT2D eigenvalue weighted by Gasteiger charge is 2.27. The van der Waals surface area contributed by atoms with Gasteiger partial charge in [-0.2, -0.15) is 0 Å². The van der Waals surface area contributed by atoms with Crippen molar-refractivity contribution in [3.05, 3.63) is 65.5 Å². The molecule has 0 saturated carbocycles. The summed E-state index contributed by atoms with van der Waals surface area (Å²) >= 11 is 0. The van der Waals surface area contributed by atoms with Gasteiger partial charge in [0.25, 0.3) is 5.91 Å². The standard InChI is InChI=1S/C21H23FN2O3/c1-27-19-4-2-3-15(13-19)14-23-20(25)16-9-11-24(12-10-16)21(26)17-5-7-18(22)8-6-17/h2-8,13,16H,9-12,14H2,1H3,(H,23,25). The zero-order chi connectivity index (χ0) is 19.2. The first-order valence-corrected chi connectivity index (χ1v) is 9.02. The molecule has 1 fully saturated rings. The van der Waals surface area contributed by atoms with E-state index in [4.69, 9.17) is 4.74 Å². The van der Waals surface area contributed by atoms with Crippen LogP contribution in [0.3, 0.4) is 0 Å². The molecule has 2 aromatic rings. The highest BCUT2D eigenvalue weighted by Crippen LogP contribution is 2.20. The van der Waals surface area contributed by atoms with Gasteiger partial charge >= 0.3 is 0 Å². The number of hydrogen-bond acceptors (Lipinski definition) is 3. The minimum atomic E-state index is -0.363. The number of carbonyl (C=O) groups excluding carboxylic acids is 2. The van der Waals surface area contributed by atoms with E-state index >= 15 is 0 Å². The number of likely N-dealkylation sites (tertiary alicyclic amines) is 1. The van der Waals surface area contributed by atoms with E-state index in [1.807, 2.05) is 24.3 Å². The summed E-state index contributed by atoms with van der Waals surface area (Å²) in [6, 6.07) is 13.1. The highest BCUT2D eigenvalue weighted by molar-refractivity contribution is 5.94. The van der Waals surface area contributed by atoms with Gasteiger partial charge in [0.05, 0.1) is 7.11 Å². The summed E-state index contributed by atoms with van der Waals surface area (Å²) in [5.41, 5.74) is 1.45. The Kier molecular flexibility index (Phi) is 6.06. The van der Waals surface area contributed by atoms with E-state index in [1.54, 1.807) is 12.0 Å². The molecule has 6 heteroatoms. The van der Waals surface area contributed by atoms with Crippen LogP contribution in [0.15, 0.2) is 48.5 Å². The smallest absolute Gasteiger partial charge is 0.253 e. The van der Waals surface area contributed by atoms with E-state index in [1.165, 1.54) is 24.3 Å². The second-order valence-corrected chi connectivity index (χ2v) is 6.64. The number of ether oxygens (including phenoxy) is 1. The normalized spacial score (nSPS) is 14.7. The zero-order valence-corrected chi connectivity index (χ0v) is 15.3. The second-order valence-electron chi connectivity index (χ2n) is 6.64. The molecule has 0 radical (unpaired) electrons. The second kappa shape index (κ2) is 8.66. The Morgan fingerprint density at radius 3 is 2.52 bits per heavy atom. The zero-order valence-electron chi connectivity index (χ0n) is 15.3. The summed E-state index contributed by atoms with van der Waals surface area (Å²) in [5.74, 6) is 0.178. The molecule has 27 heavy (non-hydrogen) atoms. The van der Waals surface area contributed by atoms with E-state index in [0.29, 0.717) is 38.0 Å². The van der Waals surface area contributed by atoms with Gasteiger partial charge in [-0.3, -0.25) is 9.59 Å². The first kappa shape index (κ1) is 18.9. The lowest BCUT2D eigenvalue weighted by Crippen LogP contribution is -2.42. The van der Waals surface area contributed by atoms with Crippen molar-refractivity contribution in [1.29, 1.82) is 0 Å². The van der Waals surface area contributed by atoms with Crippen LogP contribution in [0.4, 0.5) is 4.39 Å². The third-order valence-corrected chi connectivity index (χ3v) is 4.85. The maximum absolute atomic E-state index is 13.0. The summed E-state index contributed by atoms with van der Waals surface area (Å²) < 4.78 is 18.2. The Hall–Kier alpha value is -2.89. The number of nitrogens with one attached hydrogen (secondary N) is 1. The molecular formula is C21H23FN2O3. The summed E-state index contributed by atoms with van der Waals surface area (Å²) in [7, 11) is 1.61. The van der Waals surface area contributed by atoms with Gasteiger partial charge in [0.2, 0.25) is 5.91 Å². The van der Waals surface area contributed by atoms with Crippen molar-refractivity contribution in [3.8, 4) is 5.75 Å². The molecule has 0 unspecified atom stereocenters. The number of benzene rings is 2. The van der Waals surface area contributed by atoms with Crippen molar-refractivity contribution >= 4 is 11.8 Å². The lowest BCUT2D eigenvalue weighted by molar-refractivity contribution is -0.126. The molecule has 0 spiro atoms. The van der Waals surface area contributed by atoms with Gasteiger partial charge in [0.15, 0.2) is 0 Å². The fourth-order valence-corrected chi connectivity index (χ4v) is 3.24. The molecule has 1 heterocycles. The summed E-state index contributed by atoms with van der Waals surface area (Å²) in [6.45, 7) is 1.49. The molecule has 142 valence electrons. The summed E-state index contributed by atoms with van der Waals surface area (Å²) in [5, 5.41) is 2.96. The number of piperidine rings is 1. The molecular weight excluding hydrogens is 347 g/mol. The monoisotopic (exact) mass is 370 g/mol. The molecule has 0 aromatic heterocycles. The maximum Gasteiger partial charge on any atom is 0.253 e. The number of halogens is 1. The first-order chi connectivity index (χ1) is 13.1. The lowest BCUT2D eigenvalue weighted by Gasteiger charge is -2.31. The lowest BCUT2D eigenvalue weighted by atomic mass is 9.95. The van der Waals surface area contributed by atoms with Crippen LogP contribution in [0.1, 0.15) is 28.8 Å². The average Bonchev–Trinajstić information content (AvgIpc) is 2.72. The molecule has 2 aromatic carbocycles. The van der Waals surface area contributed by atoms with Gasteiger partial charge in [-0.25, -0.2) is 4.39 Å². The molecule has 1 N–H and O–H groups in total. The summed E-state index contributed by atoms with van der Waals surface area (Å²) in [4.78, 5) is 26.6. The quantitative estimate of drug-likeness (QED) is 0.880. The Morgan fingerprint density at radius 1 is 1.15 bits per heavy atom. The number of rotatable bonds is 5. The molecule has 1 aliphatic rings. The van der Waals surface area contributed by atoms with Crippen molar-refractivity contribution in [3.63, 3.8) is 0 Å². The maximum atomic E-state index is 13.0. The predicted octanol–water partition coefficient (Wildman–Crippen LogP) is 3.00. The number of methoxy groups -OCH3 is 1. The van der Waals surface area contributed by atoms with Gasteiger partial charge in [0.1, 0.15) is 11.6 Å². The molecule has 3 rings (SSSR count). The van der Waals surface area contributed by atoms with Crippen LogP contribution in [-0.2, 0) is 11.3 Å². The first-order valence-electron chi connectivity index (χ1n) is 9.02. The van der Waals surface area contributed by atoms with Crippen LogP contribution in [0.2, 0.25) is 0 Å². The van der Waals surface area contributed by atoms with Crippen LogP contribution in [0.5, 0.6) is 5.75 Å². The van der Waals surface area contributed by atoms with Crippen molar-refractivity contribution in [2.75, 3.05) is 20.2 Å². The number of amides is 2. The Balaban J connectivity index is 1.48. The van der Waals surface area contributed by atoms with Crippen LogP contribution in [0, 0.1) is 11.7 Å². The average molecular weight is 370 g/mol. The van der Waals surface area contributed by atoms with Crippen molar-refractivity contribution in [2.24, 2.45) is 5.92 Å². The fourth-order valence-electron chi connectivity index (χ4n) is 3.24. The van der Waals surface area contributed by atoms with E-state index in [0.717, 1.165) is 11.3 Å². The molecule has 5 nitrogen and oxygen atoms in total. The topological polar surface area (TPSA) is 58.6 Å². The Labute approximate surface area is 158 Å². The van der Waals surface area contributed by atoms with Crippen LogP contribution in [0.25, 0.3) is 0 Å². The van der Waals surface area contributed by atoms with Gasteiger partial charge in [0, 0.05) is 31.1 Å². The summed E-state index contributed by atoms with van der Waals surface area (Å²) in [6.07, 6.45) is 1.24. The Morgan fingerprint density at radius 2 is 1.85 bits per heavy atom. The third-order valence-electron chi connectivity index (χ3n) is 4.85. The minimum Gasteiger partial charge on any atom is -0.497 e. The largest absolute Gasteiger partial charge is 0.497 e. The van der Waals surface area contributed by atoms with Crippen LogP contribution < -0.4 is 10.1 Å². The van der Waals surface area contributed by atoms with Gasteiger partial charge in [-0.1, -0.05) is 12.1 Å². The minimum absolute atomic E-state index is 0.00620. The van der Waals surface area contributed by atoms with Crippen molar-refractivity contribution < 1.29 is 18.7 Å². The van der Waals surface area contributed by atoms with Crippen LogP contribution in [-0.4, -0.2) is 36.9 Å². The van der Waals surface area contributed by atoms with E-state index in [-0.39, 0.29) is 23.5 Å². The Bertz CT molecular complexity index is 799. The molecule has 1 aliphatic heterocycles. The van der Waals surface area contributed by atoms with Gasteiger partial charge < -0.3 is 15.0 Å². The SMILES string of the molecule is COc1cccc(CNC(=O)C2CCN(C(=O)c3ccc(F)cc3)CC2)c1. The number of nitrogens with zero attached hydrogens (tertiary/aromatic N) is 1. The van der Waals surface area contributed by atoms with E-state index in [9.17, 15) is 14.0 Å². The third kappa shape index (κ3) is 4.84. The molecule has 2 amide bonds. The number of hydrogen-bond donors (Lipinski definition) is 1. The van der Waals surface area contributed by atoms with Crippen molar-refractivity contribution in [1.82, 2.24) is 10.2 Å².